The van der Waals surface area contributed by atoms with E-state index in [0.29, 0.717) is 10.0 Å². The smallest absolute Gasteiger partial charge is 0.252 e. The van der Waals surface area contributed by atoms with Crippen molar-refractivity contribution >= 4 is 21.8 Å². The fraction of sp³-hybridized carbons (Fsp3) is 0.632. The van der Waals surface area contributed by atoms with Crippen LogP contribution in [0.4, 0.5) is 4.39 Å². The fourth-order valence-corrected chi connectivity index (χ4v) is 6.34. The van der Waals surface area contributed by atoms with Crippen molar-refractivity contribution in [1.29, 1.82) is 0 Å². The van der Waals surface area contributed by atoms with Crippen LogP contribution in [-0.2, 0) is 0 Å². The van der Waals surface area contributed by atoms with Gasteiger partial charge in [0, 0.05) is 10.5 Å². The molecule has 4 aliphatic carbocycles. The van der Waals surface area contributed by atoms with Crippen molar-refractivity contribution in [3.8, 4) is 0 Å². The van der Waals surface area contributed by atoms with E-state index in [1.165, 1.54) is 50.7 Å². The van der Waals surface area contributed by atoms with Crippen molar-refractivity contribution < 1.29 is 9.18 Å². The van der Waals surface area contributed by atoms with Crippen molar-refractivity contribution in [3.63, 3.8) is 0 Å². The third kappa shape index (κ3) is 2.73. The second-order valence-electron chi connectivity index (χ2n) is 8.10. The summed E-state index contributed by atoms with van der Waals surface area (Å²) in [5, 5.41) is 3.22. The highest BCUT2D eigenvalue weighted by Gasteiger charge is 2.53. The predicted octanol–water partition coefficient (Wildman–Crippen LogP) is 4.92. The molecule has 4 saturated carbocycles. The molecule has 4 fully saturated rings. The van der Waals surface area contributed by atoms with Crippen LogP contribution in [0.15, 0.2) is 22.7 Å². The number of hydrogen-bond acceptors (Lipinski definition) is 1. The second kappa shape index (κ2) is 5.58. The molecular weight excluding hydrogens is 357 g/mol. The van der Waals surface area contributed by atoms with E-state index in [1.54, 1.807) is 6.07 Å². The maximum absolute atomic E-state index is 13.2. The molecule has 0 spiro atoms. The Labute approximate surface area is 145 Å². The lowest BCUT2D eigenvalue weighted by Crippen LogP contribution is -2.55. The van der Waals surface area contributed by atoms with Crippen LogP contribution in [0.3, 0.4) is 0 Å². The van der Waals surface area contributed by atoms with Crippen molar-refractivity contribution in [2.45, 2.75) is 51.5 Å². The lowest BCUT2D eigenvalue weighted by Gasteiger charge is -2.59. The molecule has 0 radical (unpaired) electrons. The molecule has 0 aliphatic heterocycles. The first-order valence-electron chi connectivity index (χ1n) is 8.71. The number of hydrogen-bond donors (Lipinski definition) is 1. The summed E-state index contributed by atoms with van der Waals surface area (Å²) in [5.74, 6) is 2.19. The minimum absolute atomic E-state index is 0.0971. The third-order valence-corrected chi connectivity index (χ3v) is 7.18. The molecular formula is C19H23BrFNO. The van der Waals surface area contributed by atoms with Crippen molar-refractivity contribution in [3.05, 3.63) is 34.1 Å². The Morgan fingerprint density at radius 2 is 1.78 bits per heavy atom. The molecule has 23 heavy (non-hydrogen) atoms. The number of nitrogens with one attached hydrogen (secondary N) is 1. The monoisotopic (exact) mass is 379 g/mol. The highest BCUT2D eigenvalue weighted by atomic mass is 79.9. The number of benzene rings is 1. The van der Waals surface area contributed by atoms with Crippen LogP contribution in [0, 0.1) is 29.0 Å². The number of carbonyl (C=O) groups is 1. The molecule has 1 amide bonds. The lowest BCUT2D eigenvalue weighted by atomic mass is 9.48. The van der Waals surface area contributed by atoms with E-state index < -0.39 is 0 Å². The zero-order chi connectivity index (χ0) is 16.2. The maximum Gasteiger partial charge on any atom is 0.252 e. The molecule has 124 valence electrons. The summed E-state index contributed by atoms with van der Waals surface area (Å²) >= 11 is 3.30. The van der Waals surface area contributed by atoms with Gasteiger partial charge in [-0.1, -0.05) is 0 Å². The molecule has 1 aromatic rings. The first kappa shape index (κ1) is 15.6. The molecule has 1 atom stereocenters. The van der Waals surface area contributed by atoms with Crippen LogP contribution >= 0.6 is 15.9 Å². The lowest BCUT2D eigenvalue weighted by molar-refractivity contribution is -0.0688. The summed E-state index contributed by atoms with van der Waals surface area (Å²) in [4.78, 5) is 12.6. The Hall–Kier alpha value is -0.900. The van der Waals surface area contributed by atoms with Crippen LogP contribution in [0.25, 0.3) is 0 Å². The number of amides is 1. The van der Waals surface area contributed by atoms with Crippen LogP contribution in [0.5, 0.6) is 0 Å². The van der Waals surface area contributed by atoms with E-state index in [9.17, 15) is 9.18 Å². The summed E-state index contributed by atoms with van der Waals surface area (Å²) in [6, 6.07) is 4.43. The number of halogens is 2. The zero-order valence-corrected chi connectivity index (χ0v) is 15.0. The van der Waals surface area contributed by atoms with Gasteiger partial charge in [-0.2, -0.15) is 0 Å². The Kier molecular flexibility index (Phi) is 3.79. The van der Waals surface area contributed by atoms with Crippen LogP contribution in [-0.4, -0.2) is 11.9 Å². The predicted molar refractivity (Wildman–Crippen MR) is 91.6 cm³/mol. The molecule has 4 bridgehead atoms. The largest absolute Gasteiger partial charge is 0.349 e. The van der Waals surface area contributed by atoms with E-state index in [4.69, 9.17) is 0 Å². The summed E-state index contributed by atoms with van der Waals surface area (Å²) in [6.45, 7) is 2.17. The SMILES string of the molecule is C[C@@H](NC(=O)c1ccc(F)cc1Br)C12CC3CC(CC(C3)C1)C2. The zero-order valence-electron chi connectivity index (χ0n) is 13.4. The van der Waals surface area contributed by atoms with Gasteiger partial charge in [-0.3, -0.25) is 4.79 Å². The number of rotatable bonds is 3. The molecule has 0 unspecified atom stereocenters. The van der Waals surface area contributed by atoms with Crippen molar-refractivity contribution in [1.82, 2.24) is 5.32 Å². The Balaban J connectivity index is 1.51. The molecule has 1 N–H and O–H groups in total. The van der Waals surface area contributed by atoms with Gasteiger partial charge in [0.05, 0.1) is 5.56 Å². The Morgan fingerprint density at radius 3 is 2.30 bits per heavy atom. The normalized spacial score (nSPS) is 36.0. The second-order valence-corrected chi connectivity index (χ2v) is 8.95. The summed E-state index contributed by atoms with van der Waals surface area (Å²) < 4.78 is 13.7. The standard InChI is InChI=1S/C19H23BrFNO/c1-11(22-18(23)16-3-2-15(21)7-17(16)20)19-8-12-4-13(9-19)6-14(5-12)10-19/h2-3,7,11-14H,4-6,8-10H2,1H3,(H,22,23)/t11-,12?,13?,14?,19?/m1/s1. The molecule has 2 nitrogen and oxygen atoms in total. The van der Waals surface area contributed by atoms with Crippen LogP contribution in [0.2, 0.25) is 0 Å². The first-order valence-corrected chi connectivity index (χ1v) is 9.50. The van der Waals surface area contributed by atoms with Gasteiger partial charge in [-0.15, -0.1) is 0 Å². The van der Waals surface area contributed by atoms with Crippen LogP contribution in [0.1, 0.15) is 55.8 Å². The quantitative estimate of drug-likeness (QED) is 0.792. The Morgan fingerprint density at radius 1 is 1.22 bits per heavy atom. The molecule has 4 heteroatoms. The van der Waals surface area contributed by atoms with Crippen molar-refractivity contribution in [2.24, 2.45) is 23.2 Å². The first-order chi connectivity index (χ1) is 10.9. The van der Waals surface area contributed by atoms with Crippen molar-refractivity contribution in [2.75, 3.05) is 0 Å². The van der Waals surface area contributed by atoms with E-state index in [2.05, 4.69) is 28.2 Å². The van der Waals surface area contributed by atoms with Gasteiger partial charge in [0.1, 0.15) is 5.82 Å². The molecule has 5 rings (SSSR count). The average Bonchev–Trinajstić information content (AvgIpc) is 2.45. The van der Waals surface area contributed by atoms with Gasteiger partial charge in [-0.05, 0) is 103 Å². The Bertz CT molecular complexity index is 609. The minimum atomic E-state index is -0.331. The molecule has 1 aromatic carbocycles. The van der Waals surface area contributed by atoms with Gasteiger partial charge in [0.15, 0.2) is 0 Å². The summed E-state index contributed by atoms with van der Waals surface area (Å²) in [5.41, 5.74) is 0.805. The third-order valence-electron chi connectivity index (χ3n) is 6.53. The van der Waals surface area contributed by atoms with Gasteiger partial charge in [-0.25, -0.2) is 4.39 Å². The van der Waals surface area contributed by atoms with Gasteiger partial charge in [0.25, 0.3) is 5.91 Å². The number of carbonyl (C=O) groups excluding carboxylic acids is 1. The van der Waals surface area contributed by atoms with E-state index in [-0.39, 0.29) is 23.2 Å². The van der Waals surface area contributed by atoms with E-state index in [0.717, 1.165) is 17.8 Å². The highest BCUT2D eigenvalue weighted by molar-refractivity contribution is 9.10. The maximum atomic E-state index is 13.2. The van der Waals surface area contributed by atoms with Gasteiger partial charge in [0.2, 0.25) is 0 Å². The summed E-state index contributed by atoms with van der Waals surface area (Å²) in [6.07, 6.45) is 8.03. The topological polar surface area (TPSA) is 29.1 Å². The molecule has 0 aromatic heterocycles. The average molecular weight is 380 g/mol. The van der Waals surface area contributed by atoms with E-state index in [1.807, 2.05) is 0 Å². The fourth-order valence-electron chi connectivity index (χ4n) is 5.81. The molecule has 0 heterocycles. The molecule has 4 aliphatic rings. The van der Waals surface area contributed by atoms with Gasteiger partial charge >= 0.3 is 0 Å². The van der Waals surface area contributed by atoms with Crippen LogP contribution < -0.4 is 5.32 Å². The molecule has 0 saturated heterocycles. The minimum Gasteiger partial charge on any atom is -0.349 e. The van der Waals surface area contributed by atoms with E-state index >= 15 is 0 Å². The summed E-state index contributed by atoms with van der Waals surface area (Å²) in [7, 11) is 0. The highest BCUT2D eigenvalue weighted by Crippen LogP contribution is 2.61. The van der Waals surface area contributed by atoms with Gasteiger partial charge < -0.3 is 5.32 Å².